The van der Waals surface area contributed by atoms with Gasteiger partial charge in [-0.15, -0.1) is 0 Å². The molecule has 1 aromatic carbocycles. The van der Waals surface area contributed by atoms with Crippen LogP contribution in [-0.2, 0) is 5.41 Å². The van der Waals surface area contributed by atoms with Crippen molar-refractivity contribution in [2.24, 2.45) is 0 Å². The number of benzene rings is 1. The normalized spacial score (nSPS) is 10.4. The van der Waals surface area contributed by atoms with Crippen molar-refractivity contribution in [2.75, 3.05) is 0 Å². The molecule has 0 heterocycles. The van der Waals surface area contributed by atoms with Gasteiger partial charge in [-0.2, -0.15) is 0 Å². The lowest BCUT2D eigenvalue weighted by Gasteiger charge is -2.23. The van der Waals surface area contributed by atoms with Gasteiger partial charge in [-0.3, -0.25) is 0 Å². The summed E-state index contributed by atoms with van der Waals surface area (Å²) >= 11 is 0. The summed E-state index contributed by atoms with van der Waals surface area (Å²) in [5, 5.41) is 9.58. The van der Waals surface area contributed by atoms with Gasteiger partial charge in [-0.1, -0.05) is 52.8 Å². The summed E-state index contributed by atoms with van der Waals surface area (Å²) in [5.74, 6) is 0.407. The molecule has 0 radical (unpaired) electrons. The SMILES string of the molecule is CC.CCC(C)(C)c1ccccc1O. The molecule has 0 atom stereocenters. The molecule has 0 saturated heterocycles. The molecule has 0 aromatic heterocycles. The van der Waals surface area contributed by atoms with E-state index in [1.807, 2.05) is 32.0 Å². The Morgan fingerprint density at radius 1 is 1.14 bits per heavy atom. The van der Waals surface area contributed by atoms with E-state index in [1.54, 1.807) is 6.07 Å². The fraction of sp³-hybridized carbons (Fsp3) is 0.538. The van der Waals surface area contributed by atoms with Crippen LogP contribution in [0.3, 0.4) is 0 Å². The second-order valence-electron chi connectivity index (χ2n) is 3.75. The van der Waals surface area contributed by atoms with Crippen LogP contribution in [0.5, 0.6) is 5.75 Å². The van der Waals surface area contributed by atoms with Gasteiger partial charge in [0.05, 0.1) is 0 Å². The number of phenolic OH excluding ortho intramolecular Hbond substituents is 1. The minimum absolute atomic E-state index is 0.0747. The molecule has 0 aliphatic carbocycles. The first-order valence-corrected chi connectivity index (χ1v) is 5.36. The molecule has 0 spiro atoms. The Hall–Kier alpha value is -0.980. The number of rotatable bonds is 2. The smallest absolute Gasteiger partial charge is 0.119 e. The second kappa shape index (κ2) is 5.69. The van der Waals surface area contributed by atoms with Crippen molar-refractivity contribution in [3.05, 3.63) is 29.8 Å². The summed E-state index contributed by atoms with van der Waals surface area (Å²) in [6.07, 6.45) is 1.03. The van der Waals surface area contributed by atoms with E-state index in [0.29, 0.717) is 5.75 Å². The molecule has 1 heteroatoms. The third kappa shape index (κ3) is 3.06. The van der Waals surface area contributed by atoms with Crippen LogP contribution in [0.4, 0.5) is 0 Å². The van der Waals surface area contributed by atoms with Gasteiger partial charge < -0.3 is 5.11 Å². The van der Waals surface area contributed by atoms with Crippen molar-refractivity contribution >= 4 is 0 Å². The molecule has 14 heavy (non-hydrogen) atoms. The fourth-order valence-corrected chi connectivity index (χ4v) is 1.24. The lowest BCUT2D eigenvalue weighted by molar-refractivity contribution is 0.429. The first kappa shape index (κ1) is 13.0. The van der Waals surface area contributed by atoms with Crippen molar-refractivity contribution < 1.29 is 5.11 Å². The topological polar surface area (TPSA) is 20.2 Å². The van der Waals surface area contributed by atoms with E-state index in [4.69, 9.17) is 0 Å². The van der Waals surface area contributed by atoms with E-state index in [9.17, 15) is 5.11 Å². The van der Waals surface area contributed by atoms with Gasteiger partial charge in [0.2, 0.25) is 0 Å². The molecule has 0 aliphatic heterocycles. The zero-order valence-corrected chi connectivity index (χ0v) is 9.96. The lowest BCUT2D eigenvalue weighted by Crippen LogP contribution is -2.15. The lowest BCUT2D eigenvalue weighted by atomic mass is 9.82. The Bertz CT molecular complexity index is 264. The quantitative estimate of drug-likeness (QED) is 0.751. The van der Waals surface area contributed by atoms with Gasteiger partial charge in [-0.05, 0) is 23.5 Å². The van der Waals surface area contributed by atoms with E-state index in [2.05, 4.69) is 20.8 Å². The zero-order chi connectivity index (χ0) is 11.2. The molecular weight excluding hydrogens is 172 g/mol. The third-order valence-corrected chi connectivity index (χ3v) is 2.52. The van der Waals surface area contributed by atoms with Crippen LogP contribution < -0.4 is 0 Å². The number of hydrogen-bond acceptors (Lipinski definition) is 1. The predicted molar refractivity (Wildman–Crippen MR) is 62.8 cm³/mol. The maximum Gasteiger partial charge on any atom is 0.119 e. The molecule has 1 N–H and O–H groups in total. The molecule has 0 bridgehead atoms. The summed E-state index contributed by atoms with van der Waals surface area (Å²) < 4.78 is 0. The summed E-state index contributed by atoms with van der Waals surface area (Å²) in [7, 11) is 0. The Balaban J connectivity index is 0.000000791. The van der Waals surface area contributed by atoms with Gasteiger partial charge in [0, 0.05) is 0 Å². The first-order valence-electron chi connectivity index (χ1n) is 5.36. The molecule has 0 fully saturated rings. The minimum atomic E-state index is 0.0747. The van der Waals surface area contributed by atoms with Gasteiger partial charge in [0.15, 0.2) is 0 Å². The van der Waals surface area contributed by atoms with Crippen molar-refractivity contribution in [2.45, 2.75) is 46.5 Å². The van der Waals surface area contributed by atoms with Crippen LogP contribution in [0, 0.1) is 0 Å². The standard InChI is InChI=1S/C11H16O.C2H6/c1-4-11(2,3)9-7-5-6-8-10(9)12;1-2/h5-8,12H,4H2,1-3H3;1-2H3. The highest BCUT2D eigenvalue weighted by atomic mass is 16.3. The van der Waals surface area contributed by atoms with Gasteiger partial charge >= 0.3 is 0 Å². The monoisotopic (exact) mass is 194 g/mol. The predicted octanol–water partition coefficient (Wildman–Crippen LogP) is 4.11. The summed E-state index contributed by atoms with van der Waals surface area (Å²) in [5.41, 5.74) is 1.11. The van der Waals surface area contributed by atoms with E-state index in [1.165, 1.54) is 0 Å². The molecule has 1 nitrogen and oxygen atoms in total. The minimum Gasteiger partial charge on any atom is -0.508 e. The van der Waals surface area contributed by atoms with Crippen LogP contribution in [0.2, 0.25) is 0 Å². The fourth-order valence-electron chi connectivity index (χ4n) is 1.24. The maximum atomic E-state index is 9.58. The summed E-state index contributed by atoms with van der Waals surface area (Å²) in [4.78, 5) is 0. The van der Waals surface area contributed by atoms with E-state index < -0.39 is 0 Å². The van der Waals surface area contributed by atoms with Crippen molar-refractivity contribution in [3.8, 4) is 5.75 Å². The largest absolute Gasteiger partial charge is 0.508 e. The van der Waals surface area contributed by atoms with Crippen molar-refractivity contribution in [1.82, 2.24) is 0 Å². The Morgan fingerprint density at radius 3 is 2.07 bits per heavy atom. The van der Waals surface area contributed by atoms with Gasteiger partial charge in [0.1, 0.15) is 5.75 Å². The molecule has 0 amide bonds. The average molecular weight is 194 g/mol. The number of para-hydroxylation sites is 1. The average Bonchev–Trinajstić information content (AvgIpc) is 2.21. The third-order valence-electron chi connectivity index (χ3n) is 2.52. The van der Waals surface area contributed by atoms with Crippen LogP contribution in [-0.4, -0.2) is 5.11 Å². The van der Waals surface area contributed by atoms with E-state index >= 15 is 0 Å². The van der Waals surface area contributed by atoms with Crippen molar-refractivity contribution in [3.63, 3.8) is 0 Å². The van der Waals surface area contributed by atoms with Crippen LogP contribution in [0.15, 0.2) is 24.3 Å². The van der Waals surface area contributed by atoms with Crippen LogP contribution in [0.25, 0.3) is 0 Å². The highest BCUT2D eigenvalue weighted by Gasteiger charge is 2.20. The van der Waals surface area contributed by atoms with Crippen LogP contribution in [0.1, 0.15) is 46.6 Å². The number of phenols is 1. The van der Waals surface area contributed by atoms with E-state index in [-0.39, 0.29) is 5.41 Å². The molecule has 0 saturated carbocycles. The highest BCUT2D eigenvalue weighted by Crippen LogP contribution is 2.32. The molecular formula is C13H22O. The second-order valence-corrected chi connectivity index (χ2v) is 3.75. The molecule has 1 rings (SSSR count). The zero-order valence-electron chi connectivity index (χ0n) is 9.96. The van der Waals surface area contributed by atoms with Crippen molar-refractivity contribution in [1.29, 1.82) is 0 Å². The number of hydrogen-bond donors (Lipinski definition) is 1. The Kier molecular flexibility index (Phi) is 5.29. The molecule has 80 valence electrons. The summed E-state index contributed by atoms with van der Waals surface area (Å²) in [6.45, 7) is 10.4. The number of aromatic hydroxyl groups is 1. The Morgan fingerprint density at radius 2 is 1.64 bits per heavy atom. The first-order chi connectivity index (χ1) is 6.58. The molecule has 0 unspecified atom stereocenters. The summed E-state index contributed by atoms with van der Waals surface area (Å²) in [6, 6.07) is 7.54. The van der Waals surface area contributed by atoms with Crippen LogP contribution >= 0.6 is 0 Å². The maximum absolute atomic E-state index is 9.58. The highest BCUT2D eigenvalue weighted by molar-refractivity contribution is 5.37. The Labute approximate surface area is 87.8 Å². The van der Waals surface area contributed by atoms with Gasteiger partial charge in [0.25, 0.3) is 0 Å². The molecule has 1 aromatic rings. The molecule has 0 aliphatic rings. The van der Waals surface area contributed by atoms with E-state index in [0.717, 1.165) is 12.0 Å². The van der Waals surface area contributed by atoms with Gasteiger partial charge in [-0.25, -0.2) is 0 Å².